The molecule has 0 aliphatic heterocycles. The number of ether oxygens (including phenoxy) is 1. The molecule has 0 amide bonds. The van der Waals surface area contributed by atoms with Crippen LogP contribution in [0.5, 0.6) is 0 Å². The van der Waals surface area contributed by atoms with Gasteiger partial charge in [-0.2, -0.15) is 0 Å². The van der Waals surface area contributed by atoms with Crippen LogP contribution in [0.1, 0.15) is 26.3 Å². The average molecular weight is 308 g/mol. The van der Waals surface area contributed by atoms with Crippen LogP contribution in [-0.4, -0.2) is 21.2 Å². The van der Waals surface area contributed by atoms with Gasteiger partial charge in [0.25, 0.3) is 0 Å². The zero-order valence-electron chi connectivity index (χ0n) is 13.8. The number of hydrogen-bond acceptors (Lipinski definition) is 3. The van der Waals surface area contributed by atoms with Crippen molar-refractivity contribution in [1.82, 2.24) is 9.55 Å². The van der Waals surface area contributed by atoms with Crippen molar-refractivity contribution in [2.45, 2.75) is 33.3 Å². The summed E-state index contributed by atoms with van der Waals surface area (Å²) in [6.07, 6.45) is 3.03. The first-order chi connectivity index (χ1) is 10.9. The summed E-state index contributed by atoms with van der Waals surface area (Å²) in [5, 5.41) is 0.962. The van der Waals surface area contributed by atoms with E-state index >= 15 is 0 Å². The molecule has 0 saturated heterocycles. The van der Waals surface area contributed by atoms with Crippen molar-refractivity contribution < 1.29 is 9.53 Å². The fourth-order valence-corrected chi connectivity index (χ4v) is 2.61. The number of fused-ring (bicyclic) bond motifs is 1. The molecule has 0 atom stereocenters. The van der Waals surface area contributed by atoms with Crippen molar-refractivity contribution in [1.29, 1.82) is 0 Å². The van der Waals surface area contributed by atoms with Crippen molar-refractivity contribution in [3.8, 4) is 11.3 Å². The number of rotatable bonds is 1. The van der Waals surface area contributed by atoms with E-state index in [0.717, 1.165) is 27.7 Å². The summed E-state index contributed by atoms with van der Waals surface area (Å²) in [7, 11) is 0. The number of nitrogens with zero attached hydrogens (tertiary/aromatic N) is 2. The molecule has 0 spiro atoms. The molecular formula is C19H20N2O2. The molecule has 0 fully saturated rings. The molecule has 3 rings (SSSR count). The van der Waals surface area contributed by atoms with Crippen LogP contribution < -0.4 is 0 Å². The van der Waals surface area contributed by atoms with Crippen LogP contribution in [0.4, 0.5) is 4.79 Å². The van der Waals surface area contributed by atoms with Crippen LogP contribution in [0.15, 0.2) is 48.8 Å². The summed E-state index contributed by atoms with van der Waals surface area (Å²) in [6.45, 7) is 7.62. The Bertz CT molecular complexity index is 872. The Morgan fingerprint density at radius 2 is 1.91 bits per heavy atom. The van der Waals surface area contributed by atoms with E-state index in [2.05, 4.69) is 4.98 Å². The highest BCUT2D eigenvalue weighted by Gasteiger charge is 2.23. The van der Waals surface area contributed by atoms with Gasteiger partial charge in [0, 0.05) is 17.1 Å². The van der Waals surface area contributed by atoms with Gasteiger partial charge < -0.3 is 4.74 Å². The van der Waals surface area contributed by atoms with Gasteiger partial charge in [0.05, 0.1) is 17.4 Å². The summed E-state index contributed by atoms with van der Waals surface area (Å²) in [5.41, 5.74) is 3.13. The SMILES string of the molecule is Cc1ccccc1-c1cc2ccncc2n1C(=O)OC(C)(C)C. The minimum Gasteiger partial charge on any atom is -0.443 e. The summed E-state index contributed by atoms with van der Waals surface area (Å²) < 4.78 is 7.20. The van der Waals surface area contributed by atoms with E-state index in [0.29, 0.717) is 0 Å². The maximum Gasteiger partial charge on any atom is 0.419 e. The second-order valence-electron chi connectivity index (χ2n) is 6.59. The van der Waals surface area contributed by atoms with E-state index in [1.54, 1.807) is 17.0 Å². The molecule has 23 heavy (non-hydrogen) atoms. The quantitative estimate of drug-likeness (QED) is 0.649. The smallest absolute Gasteiger partial charge is 0.419 e. The van der Waals surface area contributed by atoms with Crippen LogP contribution >= 0.6 is 0 Å². The van der Waals surface area contributed by atoms with Gasteiger partial charge >= 0.3 is 6.09 Å². The number of hydrogen-bond donors (Lipinski definition) is 0. The predicted molar refractivity (Wildman–Crippen MR) is 91.5 cm³/mol. The fourth-order valence-electron chi connectivity index (χ4n) is 2.61. The topological polar surface area (TPSA) is 44.1 Å². The number of pyridine rings is 1. The van der Waals surface area contributed by atoms with Gasteiger partial charge in [0.15, 0.2) is 0 Å². The third-order valence-electron chi connectivity index (χ3n) is 3.60. The Balaban J connectivity index is 2.24. The van der Waals surface area contributed by atoms with E-state index in [-0.39, 0.29) is 0 Å². The maximum absolute atomic E-state index is 12.8. The molecule has 2 heterocycles. The van der Waals surface area contributed by atoms with Crippen molar-refractivity contribution in [2.75, 3.05) is 0 Å². The third kappa shape index (κ3) is 2.97. The Kier molecular flexibility index (Phi) is 3.68. The lowest BCUT2D eigenvalue weighted by Gasteiger charge is -2.21. The largest absolute Gasteiger partial charge is 0.443 e. The van der Waals surface area contributed by atoms with Crippen molar-refractivity contribution in [3.05, 3.63) is 54.4 Å². The second-order valence-corrected chi connectivity index (χ2v) is 6.59. The highest BCUT2D eigenvalue weighted by molar-refractivity contribution is 5.96. The second kappa shape index (κ2) is 5.54. The molecule has 0 aliphatic rings. The Morgan fingerprint density at radius 3 is 2.61 bits per heavy atom. The molecule has 0 saturated carbocycles. The highest BCUT2D eigenvalue weighted by Crippen LogP contribution is 2.30. The van der Waals surface area contributed by atoms with Gasteiger partial charge in [-0.1, -0.05) is 24.3 Å². The fraction of sp³-hybridized carbons (Fsp3) is 0.263. The summed E-state index contributed by atoms with van der Waals surface area (Å²) >= 11 is 0. The van der Waals surface area contributed by atoms with E-state index in [9.17, 15) is 4.79 Å². The molecule has 0 aliphatic carbocycles. The molecule has 0 N–H and O–H groups in total. The number of benzene rings is 1. The molecule has 4 heteroatoms. The van der Waals surface area contributed by atoms with Gasteiger partial charge in [-0.3, -0.25) is 4.98 Å². The third-order valence-corrected chi connectivity index (χ3v) is 3.60. The average Bonchev–Trinajstić information content (AvgIpc) is 2.85. The minimum atomic E-state index is -0.557. The zero-order chi connectivity index (χ0) is 16.6. The van der Waals surface area contributed by atoms with Crippen LogP contribution in [0.25, 0.3) is 22.2 Å². The monoisotopic (exact) mass is 308 g/mol. The summed E-state index contributed by atoms with van der Waals surface area (Å²) in [4.78, 5) is 16.9. The molecule has 0 radical (unpaired) electrons. The maximum atomic E-state index is 12.8. The zero-order valence-corrected chi connectivity index (χ0v) is 13.8. The Morgan fingerprint density at radius 1 is 1.17 bits per heavy atom. The predicted octanol–water partition coefficient (Wildman–Crippen LogP) is 4.79. The van der Waals surface area contributed by atoms with Crippen LogP contribution in [0.3, 0.4) is 0 Å². The van der Waals surface area contributed by atoms with Crippen LogP contribution in [0.2, 0.25) is 0 Å². The first kappa shape index (κ1) is 15.3. The Labute approximate surface area is 135 Å². The van der Waals surface area contributed by atoms with Gasteiger partial charge in [-0.05, 0) is 45.4 Å². The summed E-state index contributed by atoms with van der Waals surface area (Å²) in [6, 6.07) is 11.9. The molecule has 0 unspecified atom stereocenters. The van der Waals surface area contributed by atoms with E-state index in [4.69, 9.17) is 4.74 Å². The number of carbonyl (C=O) groups is 1. The Hall–Kier alpha value is -2.62. The van der Waals surface area contributed by atoms with E-state index < -0.39 is 11.7 Å². The molecule has 3 aromatic rings. The van der Waals surface area contributed by atoms with Gasteiger partial charge in [0.2, 0.25) is 0 Å². The van der Waals surface area contributed by atoms with Crippen molar-refractivity contribution in [3.63, 3.8) is 0 Å². The lowest BCUT2D eigenvalue weighted by atomic mass is 10.1. The minimum absolute atomic E-state index is 0.390. The number of carbonyl (C=O) groups excluding carboxylic acids is 1. The van der Waals surface area contributed by atoms with Gasteiger partial charge in [-0.15, -0.1) is 0 Å². The molecule has 1 aromatic carbocycles. The number of aryl methyl sites for hydroxylation is 1. The molecule has 0 bridgehead atoms. The van der Waals surface area contributed by atoms with E-state index in [1.807, 2.05) is 64.1 Å². The molecule has 4 nitrogen and oxygen atoms in total. The molecular weight excluding hydrogens is 288 g/mol. The van der Waals surface area contributed by atoms with E-state index in [1.165, 1.54) is 0 Å². The van der Waals surface area contributed by atoms with Crippen LogP contribution in [-0.2, 0) is 4.74 Å². The highest BCUT2D eigenvalue weighted by atomic mass is 16.6. The lowest BCUT2D eigenvalue weighted by Crippen LogP contribution is -2.27. The summed E-state index contributed by atoms with van der Waals surface area (Å²) in [5.74, 6) is 0. The normalized spacial score (nSPS) is 11.7. The molecule has 118 valence electrons. The van der Waals surface area contributed by atoms with Gasteiger partial charge in [-0.25, -0.2) is 9.36 Å². The lowest BCUT2D eigenvalue weighted by molar-refractivity contribution is 0.0547. The van der Waals surface area contributed by atoms with Crippen LogP contribution in [0, 0.1) is 6.92 Å². The standard InChI is InChI=1S/C19H20N2O2/c1-13-7-5-6-8-15(13)16-11-14-9-10-20-12-17(14)21(16)18(22)23-19(2,3)4/h5-12H,1-4H3. The number of aromatic nitrogens is 2. The van der Waals surface area contributed by atoms with Gasteiger partial charge in [0.1, 0.15) is 5.60 Å². The molecule has 2 aromatic heterocycles. The first-order valence-electron chi connectivity index (χ1n) is 7.61. The first-order valence-corrected chi connectivity index (χ1v) is 7.61. The van der Waals surface area contributed by atoms with Crippen molar-refractivity contribution in [2.24, 2.45) is 0 Å². The van der Waals surface area contributed by atoms with Crippen molar-refractivity contribution >= 4 is 17.0 Å².